The molecule has 26 heavy (non-hydrogen) atoms. The van der Waals surface area contributed by atoms with E-state index in [-0.39, 0.29) is 17.0 Å². The van der Waals surface area contributed by atoms with E-state index in [1.807, 2.05) is 44.1 Å². The maximum absolute atomic E-state index is 12.7. The minimum atomic E-state index is -0.501. The zero-order valence-corrected chi connectivity index (χ0v) is 15.1. The summed E-state index contributed by atoms with van der Waals surface area (Å²) in [4.78, 5) is 31.8. The molecule has 0 aliphatic heterocycles. The normalized spacial score (nSPS) is 11.4. The van der Waals surface area contributed by atoms with Gasteiger partial charge in [0.2, 0.25) is 0 Å². The van der Waals surface area contributed by atoms with Gasteiger partial charge in [-0.15, -0.1) is 0 Å². The van der Waals surface area contributed by atoms with Crippen LogP contribution in [0.4, 0.5) is 0 Å². The van der Waals surface area contributed by atoms with Crippen molar-refractivity contribution in [3.8, 4) is 0 Å². The topological polar surface area (TPSA) is 87.5 Å². The van der Waals surface area contributed by atoms with Crippen LogP contribution >= 0.6 is 0 Å². The fourth-order valence-corrected chi connectivity index (χ4v) is 2.90. The van der Waals surface area contributed by atoms with Crippen molar-refractivity contribution in [2.24, 2.45) is 0 Å². The number of carbonyl (C=O) groups excluding carboxylic acids is 1. The number of aliphatic hydroxyl groups excluding tert-OH is 1. The molecule has 0 atom stereocenters. The van der Waals surface area contributed by atoms with Gasteiger partial charge >= 0.3 is 0 Å². The van der Waals surface area contributed by atoms with Crippen molar-refractivity contribution in [3.63, 3.8) is 0 Å². The molecule has 2 aromatic heterocycles. The molecule has 0 fully saturated rings. The first-order chi connectivity index (χ1) is 12.4. The van der Waals surface area contributed by atoms with Crippen LogP contribution < -0.4 is 10.9 Å². The number of hydrogen-bond donors (Lipinski definition) is 2. The number of carbonyl (C=O) groups is 1. The zero-order valence-electron chi connectivity index (χ0n) is 15.1. The Morgan fingerprint density at radius 1 is 1.31 bits per heavy atom. The molecule has 3 rings (SSSR count). The number of aliphatic hydroxyl groups is 1. The Kier molecular flexibility index (Phi) is 5.01. The van der Waals surface area contributed by atoms with Crippen LogP contribution in [0.5, 0.6) is 0 Å². The molecule has 3 aromatic rings. The van der Waals surface area contributed by atoms with Crippen LogP contribution in [0.25, 0.3) is 21.8 Å². The van der Waals surface area contributed by atoms with E-state index in [0.29, 0.717) is 24.0 Å². The molecule has 1 aromatic carbocycles. The molecule has 0 aliphatic rings. The Labute approximate surface area is 150 Å². The molecule has 1 amide bonds. The average molecular weight is 354 g/mol. The summed E-state index contributed by atoms with van der Waals surface area (Å²) in [6, 6.07) is 7.44. The Morgan fingerprint density at radius 2 is 2.08 bits per heavy atom. The summed E-state index contributed by atoms with van der Waals surface area (Å²) in [6.45, 7) is 2.60. The fraction of sp³-hybridized carbons (Fsp3) is 0.316. The van der Waals surface area contributed by atoms with Crippen LogP contribution in [0.1, 0.15) is 15.9 Å². The van der Waals surface area contributed by atoms with Gasteiger partial charge in [-0.3, -0.25) is 14.2 Å². The van der Waals surface area contributed by atoms with E-state index in [4.69, 9.17) is 0 Å². The molecule has 0 radical (unpaired) electrons. The van der Waals surface area contributed by atoms with Gasteiger partial charge in [-0.1, -0.05) is 18.2 Å². The molecule has 0 aliphatic carbocycles. The van der Waals surface area contributed by atoms with Crippen LogP contribution in [-0.2, 0) is 6.73 Å². The molecular formula is C19H22N4O3. The number of aromatic nitrogens is 2. The van der Waals surface area contributed by atoms with E-state index < -0.39 is 6.73 Å². The Hall–Kier alpha value is -2.77. The van der Waals surface area contributed by atoms with Gasteiger partial charge in [0, 0.05) is 24.7 Å². The minimum absolute atomic E-state index is 0.276. The van der Waals surface area contributed by atoms with Gasteiger partial charge in [0.15, 0.2) is 0 Å². The quantitative estimate of drug-likeness (QED) is 0.670. The van der Waals surface area contributed by atoms with Crippen LogP contribution in [0.2, 0.25) is 0 Å². The Balaban J connectivity index is 2.20. The number of benzene rings is 1. The van der Waals surface area contributed by atoms with E-state index >= 15 is 0 Å². The monoisotopic (exact) mass is 354 g/mol. The SMILES string of the molecule is Cc1cccc2cc3c(=O)n(CO)cc(C(=O)NCCN(C)C)c3nc12. The maximum atomic E-state index is 12.7. The van der Waals surface area contributed by atoms with Gasteiger partial charge < -0.3 is 15.3 Å². The molecule has 0 spiro atoms. The van der Waals surface area contributed by atoms with Crippen molar-refractivity contribution in [1.29, 1.82) is 0 Å². The standard InChI is InChI=1S/C19H22N4O3/c1-12-5-4-6-13-9-14-17(21-16(12)13)15(10-23(11-24)19(14)26)18(25)20-7-8-22(2)3/h4-6,9-10,24H,7-8,11H2,1-3H3,(H,20,25). The van der Waals surface area contributed by atoms with Crippen molar-refractivity contribution in [2.75, 3.05) is 27.2 Å². The summed E-state index contributed by atoms with van der Waals surface area (Å²) in [5.74, 6) is -0.320. The molecular weight excluding hydrogens is 332 g/mol. The van der Waals surface area contributed by atoms with E-state index in [0.717, 1.165) is 21.0 Å². The largest absolute Gasteiger partial charge is 0.376 e. The highest BCUT2D eigenvalue weighted by molar-refractivity contribution is 6.07. The first-order valence-corrected chi connectivity index (χ1v) is 8.39. The number of likely N-dealkylation sites (N-methyl/N-ethyl adjacent to an activating group) is 1. The fourth-order valence-electron chi connectivity index (χ4n) is 2.90. The predicted molar refractivity (Wildman–Crippen MR) is 101 cm³/mol. The third kappa shape index (κ3) is 3.31. The van der Waals surface area contributed by atoms with Crippen molar-refractivity contribution in [1.82, 2.24) is 19.8 Å². The first-order valence-electron chi connectivity index (χ1n) is 8.39. The lowest BCUT2D eigenvalue weighted by Gasteiger charge is -2.13. The highest BCUT2D eigenvalue weighted by atomic mass is 16.3. The third-order valence-electron chi connectivity index (χ3n) is 4.32. The lowest BCUT2D eigenvalue weighted by atomic mass is 10.1. The number of pyridine rings is 2. The van der Waals surface area contributed by atoms with E-state index in [1.54, 1.807) is 6.07 Å². The molecule has 7 heteroatoms. The van der Waals surface area contributed by atoms with Crippen molar-refractivity contribution >= 4 is 27.7 Å². The molecule has 0 unspecified atom stereocenters. The number of aryl methyl sites for hydroxylation is 1. The number of nitrogens with one attached hydrogen (secondary N) is 1. The predicted octanol–water partition coefficient (Wildman–Crippen LogP) is 1.10. The molecule has 0 bridgehead atoms. The van der Waals surface area contributed by atoms with Gasteiger partial charge in [0.25, 0.3) is 11.5 Å². The summed E-state index contributed by atoms with van der Waals surface area (Å²) in [5.41, 5.74) is 1.97. The third-order valence-corrected chi connectivity index (χ3v) is 4.32. The summed E-state index contributed by atoms with van der Waals surface area (Å²) < 4.78 is 1.12. The molecule has 7 nitrogen and oxygen atoms in total. The summed E-state index contributed by atoms with van der Waals surface area (Å²) in [7, 11) is 3.84. The Bertz CT molecular complexity index is 1040. The van der Waals surface area contributed by atoms with Crippen molar-refractivity contribution in [2.45, 2.75) is 13.7 Å². The van der Waals surface area contributed by atoms with Gasteiger partial charge in [-0.25, -0.2) is 4.98 Å². The van der Waals surface area contributed by atoms with Crippen LogP contribution in [0, 0.1) is 6.92 Å². The minimum Gasteiger partial charge on any atom is -0.376 e. The number of hydrogen-bond acceptors (Lipinski definition) is 5. The Morgan fingerprint density at radius 3 is 2.77 bits per heavy atom. The maximum Gasteiger partial charge on any atom is 0.261 e. The van der Waals surface area contributed by atoms with Crippen molar-refractivity contribution in [3.05, 3.63) is 51.9 Å². The number of nitrogens with zero attached hydrogens (tertiary/aromatic N) is 3. The van der Waals surface area contributed by atoms with Gasteiger partial charge in [0.1, 0.15) is 6.73 Å². The van der Waals surface area contributed by atoms with Crippen LogP contribution in [0.3, 0.4) is 0 Å². The van der Waals surface area contributed by atoms with Crippen LogP contribution in [-0.4, -0.2) is 52.6 Å². The second-order valence-corrected chi connectivity index (χ2v) is 6.55. The summed E-state index contributed by atoms with van der Waals surface area (Å²) in [6.07, 6.45) is 1.37. The number of amides is 1. The van der Waals surface area contributed by atoms with E-state index in [2.05, 4.69) is 10.3 Å². The second kappa shape index (κ2) is 7.23. The van der Waals surface area contributed by atoms with Gasteiger partial charge in [0.05, 0.1) is 22.0 Å². The van der Waals surface area contributed by atoms with Crippen molar-refractivity contribution < 1.29 is 9.90 Å². The van der Waals surface area contributed by atoms with Gasteiger partial charge in [-0.05, 0) is 32.6 Å². The van der Waals surface area contributed by atoms with E-state index in [1.165, 1.54) is 6.20 Å². The molecule has 0 saturated carbocycles. The lowest BCUT2D eigenvalue weighted by molar-refractivity contribution is 0.0951. The number of rotatable bonds is 5. The second-order valence-electron chi connectivity index (χ2n) is 6.55. The molecule has 2 heterocycles. The molecule has 2 N–H and O–H groups in total. The first kappa shape index (κ1) is 18.0. The smallest absolute Gasteiger partial charge is 0.261 e. The highest BCUT2D eigenvalue weighted by Gasteiger charge is 2.17. The van der Waals surface area contributed by atoms with Crippen LogP contribution in [0.15, 0.2) is 35.3 Å². The zero-order chi connectivity index (χ0) is 18.8. The van der Waals surface area contributed by atoms with Gasteiger partial charge in [-0.2, -0.15) is 0 Å². The number of para-hydroxylation sites is 1. The summed E-state index contributed by atoms with van der Waals surface area (Å²) in [5, 5.41) is 13.5. The van der Waals surface area contributed by atoms with E-state index in [9.17, 15) is 14.7 Å². The molecule has 0 saturated heterocycles. The average Bonchev–Trinajstić information content (AvgIpc) is 2.61. The highest BCUT2D eigenvalue weighted by Crippen LogP contribution is 2.22. The number of fused-ring (bicyclic) bond motifs is 2. The summed E-state index contributed by atoms with van der Waals surface area (Å²) >= 11 is 0. The lowest BCUT2D eigenvalue weighted by Crippen LogP contribution is -2.33. The molecule has 136 valence electrons.